The Bertz CT molecular complexity index is 980. The van der Waals surface area contributed by atoms with Crippen molar-refractivity contribution in [2.24, 2.45) is 0 Å². The molecule has 2 aromatic rings. The van der Waals surface area contributed by atoms with Gasteiger partial charge in [0.15, 0.2) is 0 Å². The molecule has 1 saturated heterocycles. The molecule has 7 heteroatoms. The van der Waals surface area contributed by atoms with Crippen LogP contribution in [0.3, 0.4) is 0 Å². The van der Waals surface area contributed by atoms with Gasteiger partial charge in [0.1, 0.15) is 0 Å². The van der Waals surface area contributed by atoms with Crippen molar-refractivity contribution in [3.8, 4) is 0 Å². The molecule has 0 bridgehead atoms. The van der Waals surface area contributed by atoms with Crippen molar-refractivity contribution < 1.29 is 13.2 Å². The number of hydrogen-bond acceptors (Lipinski definition) is 4. The van der Waals surface area contributed by atoms with Crippen LogP contribution in [0.1, 0.15) is 36.2 Å². The van der Waals surface area contributed by atoms with Gasteiger partial charge in [0.25, 0.3) is 5.91 Å². The normalized spacial score (nSPS) is 16.5. The van der Waals surface area contributed by atoms with E-state index in [1.54, 1.807) is 12.1 Å². The molecule has 1 unspecified atom stereocenters. The zero-order valence-electron chi connectivity index (χ0n) is 18.2. The summed E-state index contributed by atoms with van der Waals surface area (Å²) < 4.78 is 27.4. The first kappa shape index (κ1) is 23.2. The molecule has 1 fully saturated rings. The number of carbonyl (C=O) groups excluding carboxylic acids is 1. The van der Waals surface area contributed by atoms with Crippen molar-refractivity contribution in [1.29, 1.82) is 0 Å². The highest BCUT2D eigenvalue weighted by Gasteiger charge is 2.22. The Morgan fingerprint density at radius 2 is 1.68 bits per heavy atom. The Balaban J connectivity index is 1.52. The minimum atomic E-state index is -3.56. The fourth-order valence-electron chi connectivity index (χ4n) is 3.41. The second-order valence-corrected chi connectivity index (χ2v) is 9.57. The monoisotopic (exact) mass is 441 g/mol. The zero-order valence-corrected chi connectivity index (χ0v) is 19.0. The van der Waals surface area contributed by atoms with Crippen LogP contribution in [0.2, 0.25) is 0 Å². The van der Waals surface area contributed by atoms with Gasteiger partial charge in [-0.2, -0.15) is 0 Å². The first-order chi connectivity index (χ1) is 14.9. The standard InChI is InChI=1S/C24H31N3O3S/c1-3-20(2)25-31(29,30)23-13-11-22(12-14-23)24(28)27-18-16-26(17-19-27)15-7-10-21-8-5-4-6-9-21/h4-14,20,25H,3,15-19H2,1-2H3/b10-7+. The van der Waals surface area contributed by atoms with Crippen molar-refractivity contribution in [3.05, 3.63) is 71.8 Å². The van der Waals surface area contributed by atoms with E-state index in [1.165, 1.54) is 17.7 Å². The van der Waals surface area contributed by atoms with Crippen LogP contribution in [0.4, 0.5) is 0 Å². The smallest absolute Gasteiger partial charge is 0.253 e. The topological polar surface area (TPSA) is 69.7 Å². The fraction of sp³-hybridized carbons (Fsp3) is 0.375. The van der Waals surface area contributed by atoms with Crippen LogP contribution in [-0.2, 0) is 10.0 Å². The molecule has 3 rings (SSSR count). The number of nitrogens with one attached hydrogen (secondary N) is 1. The lowest BCUT2D eigenvalue weighted by Gasteiger charge is -2.34. The van der Waals surface area contributed by atoms with Crippen LogP contribution in [0.15, 0.2) is 65.6 Å². The lowest BCUT2D eigenvalue weighted by molar-refractivity contribution is 0.0650. The molecular weight excluding hydrogens is 410 g/mol. The van der Waals surface area contributed by atoms with E-state index in [0.717, 1.165) is 19.6 Å². The average Bonchev–Trinajstić information content (AvgIpc) is 2.79. The predicted octanol–water partition coefficient (Wildman–Crippen LogP) is 3.23. The molecule has 1 aliphatic heterocycles. The van der Waals surface area contributed by atoms with Crippen LogP contribution in [0.25, 0.3) is 6.08 Å². The third kappa shape index (κ3) is 6.50. The molecule has 1 aliphatic rings. The van der Waals surface area contributed by atoms with Gasteiger partial charge < -0.3 is 4.90 Å². The van der Waals surface area contributed by atoms with Gasteiger partial charge in [0.2, 0.25) is 10.0 Å². The highest BCUT2D eigenvalue weighted by Crippen LogP contribution is 2.14. The highest BCUT2D eigenvalue weighted by atomic mass is 32.2. The molecule has 1 N–H and O–H groups in total. The van der Waals surface area contributed by atoms with Gasteiger partial charge in [-0.05, 0) is 43.2 Å². The number of carbonyl (C=O) groups is 1. The summed E-state index contributed by atoms with van der Waals surface area (Å²) in [7, 11) is -3.56. The van der Waals surface area contributed by atoms with E-state index in [-0.39, 0.29) is 16.8 Å². The third-order valence-corrected chi connectivity index (χ3v) is 7.12. The molecule has 0 spiro atoms. The molecular formula is C24H31N3O3S. The molecule has 0 radical (unpaired) electrons. The van der Waals surface area contributed by atoms with E-state index in [0.29, 0.717) is 25.1 Å². The van der Waals surface area contributed by atoms with E-state index in [9.17, 15) is 13.2 Å². The summed E-state index contributed by atoms with van der Waals surface area (Å²) in [6.07, 6.45) is 4.98. The molecule has 0 saturated carbocycles. The molecule has 0 aliphatic carbocycles. The first-order valence-corrected chi connectivity index (χ1v) is 12.2. The van der Waals surface area contributed by atoms with Crippen molar-refractivity contribution in [1.82, 2.24) is 14.5 Å². The molecule has 1 heterocycles. The van der Waals surface area contributed by atoms with Crippen molar-refractivity contribution in [2.75, 3.05) is 32.7 Å². The number of benzene rings is 2. The Hall–Kier alpha value is -2.48. The van der Waals surface area contributed by atoms with Gasteiger partial charge in [0, 0.05) is 44.3 Å². The van der Waals surface area contributed by atoms with E-state index in [1.807, 2.05) is 36.9 Å². The Labute approximate surface area is 185 Å². The molecule has 2 aromatic carbocycles. The number of sulfonamides is 1. The van der Waals surface area contributed by atoms with E-state index >= 15 is 0 Å². The Morgan fingerprint density at radius 3 is 2.29 bits per heavy atom. The lowest BCUT2D eigenvalue weighted by Crippen LogP contribution is -2.48. The summed E-state index contributed by atoms with van der Waals surface area (Å²) in [5.41, 5.74) is 1.70. The summed E-state index contributed by atoms with van der Waals surface area (Å²) >= 11 is 0. The van der Waals surface area contributed by atoms with Crippen molar-refractivity contribution >= 4 is 22.0 Å². The third-order valence-electron chi connectivity index (χ3n) is 5.51. The molecule has 1 amide bonds. The summed E-state index contributed by atoms with van der Waals surface area (Å²) in [6, 6.07) is 16.3. The largest absolute Gasteiger partial charge is 0.336 e. The average molecular weight is 442 g/mol. The predicted molar refractivity (Wildman–Crippen MR) is 124 cm³/mol. The minimum absolute atomic E-state index is 0.0571. The number of piperazine rings is 1. The van der Waals surface area contributed by atoms with E-state index in [4.69, 9.17) is 0 Å². The summed E-state index contributed by atoms with van der Waals surface area (Å²) in [5, 5.41) is 0. The highest BCUT2D eigenvalue weighted by molar-refractivity contribution is 7.89. The van der Waals surface area contributed by atoms with Crippen molar-refractivity contribution in [3.63, 3.8) is 0 Å². The zero-order chi connectivity index (χ0) is 22.3. The van der Waals surface area contributed by atoms with E-state index < -0.39 is 10.0 Å². The molecule has 1 atom stereocenters. The summed E-state index contributed by atoms with van der Waals surface area (Å²) in [5.74, 6) is -0.0571. The maximum absolute atomic E-state index is 12.8. The SMILES string of the molecule is CCC(C)NS(=O)(=O)c1ccc(C(=O)N2CCN(C/C=C/c3ccccc3)CC2)cc1. The van der Waals surface area contributed by atoms with Crippen LogP contribution < -0.4 is 4.72 Å². The second-order valence-electron chi connectivity index (χ2n) is 7.86. The van der Waals surface area contributed by atoms with Gasteiger partial charge >= 0.3 is 0 Å². The minimum Gasteiger partial charge on any atom is -0.336 e. The van der Waals surface area contributed by atoms with Gasteiger partial charge in [-0.25, -0.2) is 13.1 Å². The number of nitrogens with zero attached hydrogens (tertiary/aromatic N) is 2. The van der Waals surface area contributed by atoms with Crippen molar-refractivity contribution in [2.45, 2.75) is 31.2 Å². The van der Waals surface area contributed by atoms with Gasteiger partial charge in [-0.15, -0.1) is 0 Å². The fourth-order valence-corrected chi connectivity index (χ4v) is 4.74. The van der Waals surface area contributed by atoms with Crippen LogP contribution >= 0.6 is 0 Å². The van der Waals surface area contributed by atoms with Gasteiger partial charge in [-0.1, -0.05) is 49.4 Å². The van der Waals surface area contributed by atoms with Crippen LogP contribution in [0.5, 0.6) is 0 Å². The summed E-state index contributed by atoms with van der Waals surface area (Å²) in [6.45, 7) is 7.56. The summed E-state index contributed by atoms with van der Waals surface area (Å²) in [4.78, 5) is 17.1. The lowest BCUT2D eigenvalue weighted by atomic mass is 10.2. The Kier molecular flexibility index (Phi) is 8.01. The number of amides is 1. The maximum Gasteiger partial charge on any atom is 0.253 e. The maximum atomic E-state index is 12.8. The van der Waals surface area contributed by atoms with Crippen LogP contribution in [0, 0.1) is 0 Å². The van der Waals surface area contributed by atoms with Gasteiger partial charge in [-0.3, -0.25) is 9.69 Å². The first-order valence-electron chi connectivity index (χ1n) is 10.7. The second kappa shape index (κ2) is 10.7. The van der Waals surface area contributed by atoms with Crippen LogP contribution in [-0.4, -0.2) is 62.9 Å². The number of rotatable bonds is 8. The molecule has 0 aromatic heterocycles. The molecule has 31 heavy (non-hydrogen) atoms. The molecule has 166 valence electrons. The Morgan fingerprint density at radius 1 is 1.03 bits per heavy atom. The molecule has 6 nitrogen and oxygen atoms in total. The van der Waals surface area contributed by atoms with E-state index in [2.05, 4.69) is 33.9 Å². The quantitative estimate of drug-likeness (QED) is 0.683. The number of hydrogen-bond donors (Lipinski definition) is 1. The van der Waals surface area contributed by atoms with Gasteiger partial charge in [0.05, 0.1) is 4.90 Å².